The molecule has 25 heavy (non-hydrogen) atoms. The molecule has 1 N–H and O–H groups in total. The van der Waals surface area contributed by atoms with Gasteiger partial charge in [-0.05, 0) is 42.0 Å². The predicted molar refractivity (Wildman–Crippen MR) is 91.6 cm³/mol. The summed E-state index contributed by atoms with van der Waals surface area (Å²) in [5.41, 5.74) is 1.39. The van der Waals surface area contributed by atoms with Gasteiger partial charge in [-0.2, -0.15) is 0 Å². The molecule has 0 unspecified atom stereocenters. The molecule has 6 nitrogen and oxygen atoms in total. The first-order chi connectivity index (χ1) is 12.1. The fraction of sp³-hybridized carbons (Fsp3) is 0.167. The smallest absolute Gasteiger partial charge is 0.344 e. The Labute approximate surface area is 149 Å². The average Bonchev–Trinajstić information content (AvgIpc) is 2.64. The number of benzene rings is 2. The second kappa shape index (κ2) is 9.44. The van der Waals surface area contributed by atoms with Gasteiger partial charge < -0.3 is 14.8 Å². The molecule has 0 fully saturated rings. The van der Waals surface area contributed by atoms with Crippen molar-refractivity contribution in [3.05, 3.63) is 64.7 Å². The molecular weight excluding hydrogens is 346 g/mol. The summed E-state index contributed by atoms with van der Waals surface area (Å²) in [6.45, 7) is -0.405. The molecule has 0 heterocycles. The Morgan fingerprint density at radius 2 is 1.68 bits per heavy atom. The molecular formula is C18H16ClNO5. The minimum absolute atomic E-state index is 0.313. The molecule has 0 aliphatic heterocycles. The van der Waals surface area contributed by atoms with Crippen molar-refractivity contribution in [1.82, 2.24) is 5.32 Å². The zero-order chi connectivity index (χ0) is 18.1. The first-order valence-electron chi connectivity index (χ1n) is 7.41. The maximum Gasteiger partial charge on any atom is 0.344 e. The van der Waals surface area contributed by atoms with Crippen LogP contribution in [0.15, 0.2) is 48.5 Å². The molecule has 0 saturated heterocycles. The summed E-state index contributed by atoms with van der Waals surface area (Å²) < 4.78 is 10.0. The molecule has 0 saturated carbocycles. The van der Waals surface area contributed by atoms with Crippen molar-refractivity contribution in [2.45, 2.75) is 6.54 Å². The van der Waals surface area contributed by atoms with E-state index in [4.69, 9.17) is 21.1 Å². The standard InChI is InChI=1S/C18H16ClNO5/c19-15-5-1-13(2-6-15)9-20-17(22)11-25-18(23)12-24-16-7-3-14(10-21)4-8-16/h1-8,10H,9,11-12H2,(H,20,22). The van der Waals surface area contributed by atoms with E-state index >= 15 is 0 Å². The van der Waals surface area contributed by atoms with Gasteiger partial charge in [0, 0.05) is 17.1 Å². The molecule has 7 heteroatoms. The van der Waals surface area contributed by atoms with Crippen molar-refractivity contribution in [3.8, 4) is 5.75 Å². The van der Waals surface area contributed by atoms with Crippen molar-refractivity contribution in [1.29, 1.82) is 0 Å². The van der Waals surface area contributed by atoms with E-state index < -0.39 is 11.9 Å². The van der Waals surface area contributed by atoms with Crippen LogP contribution in [0.3, 0.4) is 0 Å². The van der Waals surface area contributed by atoms with E-state index in [-0.39, 0.29) is 13.2 Å². The third-order valence-corrected chi connectivity index (χ3v) is 3.39. The van der Waals surface area contributed by atoms with Gasteiger partial charge in [0.15, 0.2) is 13.2 Å². The molecule has 0 radical (unpaired) electrons. The van der Waals surface area contributed by atoms with Crippen LogP contribution in [0.1, 0.15) is 15.9 Å². The highest BCUT2D eigenvalue weighted by atomic mass is 35.5. The summed E-state index contributed by atoms with van der Waals surface area (Å²) in [5.74, 6) is -0.658. The fourth-order valence-electron chi connectivity index (χ4n) is 1.83. The lowest BCUT2D eigenvalue weighted by Gasteiger charge is -2.08. The van der Waals surface area contributed by atoms with Crippen molar-refractivity contribution in [2.75, 3.05) is 13.2 Å². The van der Waals surface area contributed by atoms with E-state index in [1.165, 1.54) is 0 Å². The van der Waals surface area contributed by atoms with Crippen LogP contribution in [0.4, 0.5) is 0 Å². The Morgan fingerprint density at radius 1 is 1.00 bits per heavy atom. The topological polar surface area (TPSA) is 81.7 Å². The lowest BCUT2D eigenvalue weighted by molar-refractivity contribution is -0.150. The van der Waals surface area contributed by atoms with Crippen LogP contribution in [0, 0.1) is 0 Å². The molecule has 0 bridgehead atoms. The number of ether oxygens (including phenoxy) is 2. The molecule has 2 aromatic carbocycles. The number of rotatable bonds is 8. The fourth-order valence-corrected chi connectivity index (χ4v) is 1.95. The lowest BCUT2D eigenvalue weighted by atomic mass is 10.2. The number of carbonyl (C=O) groups excluding carboxylic acids is 3. The van der Waals surface area contributed by atoms with Gasteiger partial charge in [0.1, 0.15) is 12.0 Å². The maximum atomic E-state index is 11.6. The summed E-state index contributed by atoms with van der Waals surface area (Å²) in [7, 11) is 0. The number of aldehydes is 1. The van der Waals surface area contributed by atoms with Crippen LogP contribution < -0.4 is 10.1 Å². The van der Waals surface area contributed by atoms with E-state index in [2.05, 4.69) is 5.32 Å². The number of nitrogens with one attached hydrogen (secondary N) is 1. The van der Waals surface area contributed by atoms with Gasteiger partial charge in [-0.3, -0.25) is 9.59 Å². The lowest BCUT2D eigenvalue weighted by Crippen LogP contribution is -2.29. The van der Waals surface area contributed by atoms with Gasteiger partial charge in [0.2, 0.25) is 0 Å². The van der Waals surface area contributed by atoms with Gasteiger partial charge in [-0.15, -0.1) is 0 Å². The summed E-state index contributed by atoms with van der Waals surface area (Å²) >= 11 is 5.78. The highest BCUT2D eigenvalue weighted by Crippen LogP contribution is 2.11. The first-order valence-corrected chi connectivity index (χ1v) is 7.79. The Bertz CT molecular complexity index is 728. The SMILES string of the molecule is O=Cc1ccc(OCC(=O)OCC(=O)NCc2ccc(Cl)cc2)cc1. The number of amides is 1. The Balaban J connectivity index is 1.65. The van der Waals surface area contributed by atoms with Crippen molar-refractivity contribution in [3.63, 3.8) is 0 Å². The van der Waals surface area contributed by atoms with Gasteiger partial charge in [-0.1, -0.05) is 23.7 Å². The molecule has 0 aromatic heterocycles. The van der Waals surface area contributed by atoms with Crippen LogP contribution >= 0.6 is 11.6 Å². The van der Waals surface area contributed by atoms with E-state index in [1.54, 1.807) is 48.5 Å². The number of halogens is 1. The number of carbonyl (C=O) groups is 3. The van der Waals surface area contributed by atoms with Gasteiger partial charge in [-0.25, -0.2) is 4.79 Å². The molecule has 2 rings (SSSR count). The van der Waals surface area contributed by atoms with Crippen LogP contribution in [0.5, 0.6) is 5.75 Å². The van der Waals surface area contributed by atoms with E-state index in [0.717, 1.165) is 5.56 Å². The minimum atomic E-state index is -0.666. The monoisotopic (exact) mass is 361 g/mol. The minimum Gasteiger partial charge on any atom is -0.482 e. The quantitative estimate of drug-likeness (QED) is 0.576. The molecule has 130 valence electrons. The largest absolute Gasteiger partial charge is 0.482 e. The molecule has 0 aliphatic carbocycles. The normalized spacial score (nSPS) is 9.96. The summed E-state index contributed by atoms with van der Waals surface area (Å²) in [5, 5.41) is 3.24. The second-order valence-corrected chi connectivity index (χ2v) is 5.48. The second-order valence-electron chi connectivity index (χ2n) is 5.04. The maximum absolute atomic E-state index is 11.6. The molecule has 2 aromatic rings. The Morgan fingerprint density at radius 3 is 2.32 bits per heavy atom. The number of esters is 1. The third-order valence-electron chi connectivity index (χ3n) is 3.14. The highest BCUT2D eigenvalue weighted by Gasteiger charge is 2.08. The predicted octanol–water partition coefficient (Wildman–Crippen LogP) is 2.39. The summed E-state index contributed by atoms with van der Waals surface area (Å²) in [6.07, 6.45) is 0.709. The zero-order valence-electron chi connectivity index (χ0n) is 13.2. The first kappa shape index (κ1) is 18.5. The van der Waals surface area contributed by atoms with Gasteiger partial charge in [0.05, 0.1) is 0 Å². The van der Waals surface area contributed by atoms with Crippen LogP contribution in [0.2, 0.25) is 5.02 Å². The Kier molecular flexibility index (Phi) is 6.98. The summed E-state index contributed by atoms with van der Waals surface area (Å²) in [6, 6.07) is 13.3. The van der Waals surface area contributed by atoms with Crippen molar-refractivity contribution < 1.29 is 23.9 Å². The molecule has 0 aliphatic rings. The van der Waals surface area contributed by atoms with Crippen molar-refractivity contribution >= 4 is 29.8 Å². The molecule has 0 atom stereocenters. The Hall–Kier alpha value is -2.86. The van der Waals surface area contributed by atoms with Crippen LogP contribution in [-0.2, 0) is 20.9 Å². The zero-order valence-corrected chi connectivity index (χ0v) is 14.0. The molecule has 0 spiro atoms. The third kappa shape index (κ3) is 6.64. The van der Waals surface area contributed by atoms with Crippen LogP contribution in [0.25, 0.3) is 0 Å². The van der Waals surface area contributed by atoms with E-state index in [9.17, 15) is 14.4 Å². The summed E-state index contributed by atoms with van der Waals surface area (Å²) in [4.78, 5) is 33.7. The number of hydrogen-bond acceptors (Lipinski definition) is 5. The van der Waals surface area contributed by atoms with Gasteiger partial charge in [0.25, 0.3) is 5.91 Å². The average molecular weight is 362 g/mol. The van der Waals surface area contributed by atoms with Gasteiger partial charge >= 0.3 is 5.97 Å². The van der Waals surface area contributed by atoms with Crippen molar-refractivity contribution in [2.24, 2.45) is 0 Å². The molecule has 1 amide bonds. The highest BCUT2D eigenvalue weighted by molar-refractivity contribution is 6.30. The number of hydrogen-bond donors (Lipinski definition) is 1. The van der Waals surface area contributed by atoms with E-state index in [1.807, 2.05) is 0 Å². The van der Waals surface area contributed by atoms with Crippen LogP contribution in [-0.4, -0.2) is 31.4 Å². The van der Waals surface area contributed by atoms with E-state index in [0.29, 0.717) is 29.2 Å².